The van der Waals surface area contributed by atoms with Crippen molar-refractivity contribution in [3.05, 3.63) is 102 Å². The highest BCUT2D eigenvalue weighted by atomic mass is 16.5. The van der Waals surface area contributed by atoms with E-state index in [1.165, 1.54) is 0 Å². The maximum Gasteiger partial charge on any atom is 0.199 e. The van der Waals surface area contributed by atoms with Gasteiger partial charge in [-0.2, -0.15) is 0 Å². The molecule has 120 valence electrons. The molecule has 1 unspecified atom stereocenters. The van der Waals surface area contributed by atoms with Gasteiger partial charge in [-0.05, 0) is 23.3 Å². The zero-order valence-electron chi connectivity index (χ0n) is 13.1. The normalized spacial score (nSPS) is 11.7. The van der Waals surface area contributed by atoms with E-state index in [-0.39, 0.29) is 5.78 Å². The van der Waals surface area contributed by atoms with Crippen molar-refractivity contribution >= 4 is 5.78 Å². The summed E-state index contributed by atoms with van der Waals surface area (Å²) in [7, 11) is 0. The van der Waals surface area contributed by atoms with Gasteiger partial charge >= 0.3 is 0 Å². The Bertz CT molecular complexity index is 798. The minimum atomic E-state index is -1.20. The first kappa shape index (κ1) is 16.0. The number of carbonyl (C=O) groups excluding carboxylic acids is 1. The molecule has 0 aliphatic rings. The molecule has 0 fully saturated rings. The minimum absolute atomic E-state index is 0.368. The largest absolute Gasteiger partial charge is 0.488 e. The van der Waals surface area contributed by atoms with E-state index in [1.807, 2.05) is 42.5 Å². The van der Waals surface area contributed by atoms with Gasteiger partial charge < -0.3 is 9.84 Å². The second-order valence-electron chi connectivity index (χ2n) is 5.45. The third kappa shape index (κ3) is 3.70. The number of aliphatic hydroxyl groups is 1. The molecule has 3 aromatic carbocycles. The molecule has 3 aromatic rings. The van der Waals surface area contributed by atoms with Crippen LogP contribution in [0.4, 0.5) is 0 Å². The van der Waals surface area contributed by atoms with Gasteiger partial charge in [0.25, 0.3) is 0 Å². The lowest BCUT2D eigenvalue weighted by atomic mass is 9.99. The van der Waals surface area contributed by atoms with Crippen molar-refractivity contribution in [3.63, 3.8) is 0 Å². The monoisotopic (exact) mass is 318 g/mol. The highest BCUT2D eigenvalue weighted by Crippen LogP contribution is 2.25. The third-order valence-corrected chi connectivity index (χ3v) is 3.75. The van der Waals surface area contributed by atoms with E-state index in [9.17, 15) is 9.90 Å². The van der Waals surface area contributed by atoms with Gasteiger partial charge in [-0.15, -0.1) is 0 Å². The average molecular weight is 318 g/mol. The highest BCUT2D eigenvalue weighted by molar-refractivity contribution is 6.02. The molecule has 0 spiro atoms. The first-order valence-corrected chi connectivity index (χ1v) is 7.78. The summed E-state index contributed by atoms with van der Waals surface area (Å²) in [5.41, 5.74) is 1.97. The van der Waals surface area contributed by atoms with Gasteiger partial charge in [0.2, 0.25) is 0 Å². The number of para-hydroxylation sites is 1. The van der Waals surface area contributed by atoms with Crippen LogP contribution in [0.15, 0.2) is 84.9 Å². The lowest BCUT2D eigenvalue weighted by Gasteiger charge is -2.14. The molecule has 0 amide bonds. The van der Waals surface area contributed by atoms with Crippen molar-refractivity contribution < 1.29 is 14.6 Å². The summed E-state index contributed by atoms with van der Waals surface area (Å²) in [5, 5.41) is 10.3. The van der Waals surface area contributed by atoms with Gasteiger partial charge in [-0.25, -0.2) is 0 Å². The Balaban J connectivity index is 1.79. The van der Waals surface area contributed by atoms with Crippen LogP contribution < -0.4 is 4.74 Å². The molecule has 3 nitrogen and oxygen atoms in total. The molecule has 0 aromatic heterocycles. The summed E-state index contributed by atoms with van der Waals surface area (Å²) in [6, 6.07) is 25.6. The molecular weight excluding hydrogens is 300 g/mol. The summed E-state index contributed by atoms with van der Waals surface area (Å²) in [6.07, 6.45) is -1.20. The Morgan fingerprint density at radius 2 is 1.42 bits per heavy atom. The summed E-state index contributed by atoms with van der Waals surface area (Å²) in [6.45, 7) is 0.368. The first-order chi connectivity index (χ1) is 11.8. The fraction of sp³-hybridized carbons (Fsp3) is 0.0952. The molecule has 0 saturated carbocycles. The lowest BCUT2D eigenvalue weighted by Crippen LogP contribution is -2.13. The van der Waals surface area contributed by atoms with E-state index in [0.29, 0.717) is 23.5 Å². The molecule has 24 heavy (non-hydrogen) atoms. The van der Waals surface area contributed by atoms with Crippen molar-refractivity contribution in [2.24, 2.45) is 0 Å². The van der Waals surface area contributed by atoms with E-state index in [4.69, 9.17) is 4.74 Å². The molecule has 0 aliphatic heterocycles. The van der Waals surface area contributed by atoms with E-state index in [2.05, 4.69) is 0 Å². The van der Waals surface area contributed by atoms with E-state index < -0.39 is 6.10 Å². The molecule has 0 bridgehead atoms. The van der Waals surface area contributed by atoms with Crippen LogP contribution in [0.2, 0.25) is 0 Å². The van der Waals surface area contributed by atoms with E-state index >= 15 is 0 Å². The Morgan fingerprint density at radius 3 is 2.12 bits per heavy atom. The van der Waals surface area contributed by atoms with Crippen molar-refractivity contribution in [2.75, 3.05) is 0 Å². The number of ether oxygens (including phenoxy) is 1. The SMILES string of the molecule is O=C(c1ccccc1OCc1ccccc1)C(O)c1ccccc1. The number of carbonyl (C=O) groups is 1. The van der Waals surface area contributed by atoms with Gasteiger partial charge in [0.15, 0.2) is 5.78 Å². The maximum absolute atomic E-state index is 12.6. The number of benzene rings is 3. The average Bonchev–Trinajstić information content (AvgIpc) is 2.67. The fourth-order valence-corrected chi connectivity index (χ4v) is 2.47. The first-order valence-electron chi connectivity index (χ1n) is 7.78. The van der Waals surface area contributed by atoms with Gasteiger partial charge in [0.1, 0.15) is 18.5 Å². The molecule has 3 heteroatoms. The summed E-state index contributed by atoms with van der Waals surface area (Å²) in [5.74, 6) is 0.103. The smallest absolute Gasteiger partial charge is 0.199 e. The minimum Gasteiger partial charge on any atom is -0.488 e. The predicted molar refractivity (Wildman–Crippen MR) is 92.9 cm³/mol. The van der Waals surface area contributed by atoms with Crippen molar-refractivity contribution in [1.29, 1.82) is 0 Å². The zero-order valence-corrected chi connectivity index (χ0v) is 13.1. The molecule has 0 radical (unpaired) electrons. The van der Waals surface area contributed by atoms with Crippen LogP contribution in [0.1, 0.15) is 27.6 Å². The summed E-state index contributed by atoms with van der Waals surface area (Å²) >= 11 is 0. The van der Waals surface area contributed by atoms with Crippen LogP contribution in [-0.2, 0) is 6.61 Å². The Labute approximate surface area is 141 Å². The van der Waals surface area contributed by atoms with Gasteiger partial charge in [0.05, 0.1) is 5.56 Å². The molecule has 1 N–H and O–H groups in total. The van der Waals surface area contributed by atoms with Gasteiger partial charge in [-0.3, -0.25) is 4.79 Å². The van der Waals surface area contributed by atoms with Crippen LogP contribution in [0.3, 0.4) is 0 Å². The van der Waals surface area contributed by atoms with Crippen LogP contribution in [0.5, 0.6) is 5.75 Å². The quantitative estimate of drug-likeness (QED) is 0.694. The summed E-state index contributed by atoms with van der Waals surface area (Å²) < 4.78 is 5.80. The van der Waals surface area contributed by atoms with Crippen molar-refractivity contribution in [2.45, 2.75) is 12.7 Å². The highest BCUT2D eigenvalue weighted by Gasteiger charge is 2.22. The predicted octanol–water partition coefficient (Wildman–Crippen LogP) is 4.18. The van der Waals surface area contributed by atoms with E-state index in [1.54, 1.807) is 42.5 Å². The second kappa shape index (κ2) is 7.57. The van der Waals surface area contributed by atoms with Crippen LogP contribution in [0, 0.1) is 0 Å². The molecule has 0 saturated heterocycles. The van der Waals surface area contributed by atoms with E-state index in [0.717, 1.165) is 5.56 Å². The summed E-state index contributed by atoms with van der Waals surface area (Å²) in [4.78, 5) is 12.6. The third-order valence-electron chi connectivity index (χ3n) is 3.75. The Morgan fingerprint density at radius 1 is 0.833 bits per heavy atom. The topological polar surface area (TPSA) is 46.5 Å². The molecule has 0 aliphatic carbocycles. The number of ketones is 1. The molecule has 1 atom stereocenters. The standard InChI is InChI=1S/C21H18O3/c22-20(17-11-5-2-6-12-17)21(23)18-13-7-8-14-19(18)24-15-16-9-3-1-4-10-16/h1-14,20,22H,15H2. The molecule has 3 rings (SSSR count). The number of aliphatic hydroxyl groups excluding tert-OH is 1. The maximum atomic E-state index is 12.6. The number of rotatable bonds is 6. The van der Waals surface area contributed by atoms with Gasteiger partial charge in [-0.1, -0.05) is 72.8 Å². The molecule has 0 heterocycles. The lowest BCUT2D eigenvalue weighted by molar-refractivity contribution is 0.0743. The number of hydrogen-bond donors (Lipinski definition) is 1. The number of Topliss-reactive ketones (excluding diaryl/α,β-unsaturated/α-hetero) is 1. The van der Waals surface area contributed by atoms with Crippen LogP contribution in [-0.4, -0.2) is 10.9 Å². The van der Waals surface area contributed by atoms with Crippen molar-refractivity contribution in [3.8, 4) is 5.75 Å². The Kier molecular flexibility index (Phi) is 5.04. The van der Waals surface area contributed by atoms with Crippen LogP contribution >= 0.6 is 0 Å². The second-order valence-corrected chi connectivity index (χ2v) is 5.45. The Hall–Kier alpha value is -2.91. The fourth-order valence-electron chi connectivity index (χ4n) is 2.47. The zero-order chi connectivity index (χ0) is 16.8. The van der Waals surface area contributed by atoms with Gasteiger partial charge in [0, 0.05) is 0 Å². The molecular formula is C21H18O3. The van der Waals surface area contributed by atoms with Crippen LogP contribution in [0.25, 0.3) is 0 Å². The van der Waals surface area contributed by atoms with Crippen molar-refractivity contribution in [1.82, 2.24) is 0 Å². The number of hydrogen-bond acceptors (Lipinski definition) is 3.